The fraction of sp³-hybridized carbons (Fsp3) is 0.667. The van der Waals surface area contributed by atoms with E-state index in [1.54, 1.807) is 25.9 Å². The smallest absolute Gasteiger partial charge is 0.243 e. The summed E-state index contributed by atoms with van der Waals surface area (Å²) in [5, 5.41) is 6.29. The molecule has 0 aliphatic rings. The minimum Gasteiger partial charge on any atom is -0.357 e. The van der Waals surface area contributed by atoms with E-state index in [1.165, 1.54) is 4.90 Å². The monoisotopic (exact) mass is 272 g/mol. The molecule has 0 spiro atoms. The van der Waals surface area contributed by atoms with Gasteiger partial charge in [0.1, 0.15) is 6.54 Å². The molecule has 0 heterocycles. The maximum absolute atomic E-state index is 11.4. The first-order valence-electron chi connectivity index (χ1n) is 6.02. The van der Waals surface area contributed by atoms with Crippen molar-refractivity contribution in [2.45, 2.75) is 6.92 Å². The van der Waals surface area contributed by atoms with Crippen LogP contribution in [0.5, 0.6) is 0 Å². The van der Waals surface area contributed by atoms with E-state index in [0.717, 1.165) is 24.6 Å². The number of nitrogens with zero attached hydrogens (tertiary/aromatic N) is 2. The first kappa shape index (κ1) is 16.8. The van der Waals surface area contributed by atoms with Crippen molar-refractivity contribution >= 4 is 23.6 Å². The molecule has 5 nitrogen and oxygen atoms in total. The van der Waals surface area contributed by atoms with Crippen LogP contribution in [0.2, 0.25) is 0 Å². The number of hydrogen-bond acceptors (Lipinski definition) is 3. The highest BCUT2D eigenvalue weighted by Gasteiger charge is 2.03. The van der Waals surface area contributed by atoms with Crippen molar-refractivity contribution in [2.24, 2.45) is 4.99 Å². The van der Waals surface area contributed by atoms with E-state index in [4.69, 9.17) is 0 Å². The molecule has 0 aromatic rings. The van der Waals surface area contributed by atoms with Gasteiger partial charge in [0.2, 0.25) is 5.91 Å². The van der Waals surface area contributed by atoms with Crippen LogP contribution in [-0.2, 0) is 4.79 Å². The zero-order chi connectivity index (χ0) is 13.8. The van der Waals surface area contributed by atoms with Crippen molar-refractivity contribution in [2.75, 3.05) is 45.2 Å². The van der Waals surface area contributed by atoms with Crippen LogP contribution in [0.4, 0.5) is 0 Å². The predicted octanol–water partition coefficient (Wildman–Crippen LogP) is 0.549. The van der Waals surface area contributed by atoms with Crippen molar-refractivity contribution in [3.05, 3.63) is 12.7 Å². The molecule has 0 aliphatic carbocycles. The molecule has 0 unspecified atom stereocenters. The molecule has 0 aliphatic heterocycles. The van der Waals surface area contributed by atoms with Crippen LogP contribution in [0.15, 0.2) is 17.6 Å². The lowest BCUT2D eigenvalue weighted by molar-refractivity contribution is -0.127. The van der Waals surface area contributed by atoms with Crippen LogP contribution in [0.3, 0.4) is 0 Å². The van der Waals surface area contributed by atoms with Gasteiger partial charge in [-0.05, 0) is 6.92 Å². The molecule has 0 saturated carbocycles. The fourth-order valence-electron chi connectivity index (χ4n) is 1.04. The van der Waals surface area contributed by atoms with Gasteiger partial charge in [-0.15, -0.1) is 6.58 Å². The lowest BCUT2D eigenvalue weighted by Gasteiger charge is -2.12. The Hall–Kier alpha value is -1.17. The molecule has 0 fully saturated rings. The standard InChI is InChI=1S/C12H24N4OS/c1-5-8-18-9-7-14-12(13-6-2)15-10-11(17)16(3)4/h5H,1,6-10H2,2-4H3,(H2,13,14,15). The number of carbonyl (C=O) groups excluding carboxylic acids is 1. The number of thioether (sulfide) groups is 1. The Morgan fingerprint density at radius 2 is 2.17 bits per heavy atom. The molecular weight excluding hydrogens is 248 g/mol. The van der Waals surface area contributed by atoms with E-state index in [2.05, 4.69) is 22.2 Å². The largest absolute Gasteiger partial charge is 0.357 e. The highest BCUT2D eigenvalue weighted by molar-refractivity contribution is 7.99. The van der Waals surface area contributed by atoms with E-state index >= 15 is 0 Å². The summed E-state index contributed by atoms with van der Waals surface area (Å²) in [5.74, 6) is 2.62. The zero-order valence-corrected chi connectivity index (χ0v) is 12.3. The Labute approximate surface area is 114 Å². The molecule has 2 N–H and O–H groups in total. The normalized spacial score (nSPS) is 10.9. The summed E-state index contributed by atoms with van der Waals surface area (Å²) in [4.78, 5) is 17.2. The Morgan fingerprint density at radius 3 is 2.72 bits per heavy atom. The summed E-state index contributed by atoms with van der Waals surface area (Å²) in [6.45, 7) is 7.43. The van der Waals surface area contributed by atoms with Gasteiger partial charge in [0, 0.05) is 38.7 Å². The van der Waals surface area contributed by atoms with Gasteiger partial charge < -0.3 is 15.5 Å². The molecule has 0 aromatic carbocycles. The van der Waals surface area contributed by atoms with Crippen LogP contribution >= 0.6 is 11.8 Å². The zero-order valence-electron chi connectivity index (χ0n) is 11.5. The lowest BCUT2D eigenvalue weighted by Crippen LogP contribution is -2.39. The fourth-order valence-corrected chi connectivity index (χ4v) is 1.62. The van der Waals surface area contributed by atoms with Crippen LogP contribution in [0.1, 0.15) is 6.92 Å². The van der Waals surface area contributed by atoms with Gasteiger partial charge in [0.05, 0.1) is 0 Å². The third-order valence-electron chi connectivity index (χ3n) is 1.99. The van der Waals surface area contributed by atoms with Crippen molar-refractivity contribution in [3.8, 4) is 0 Å². The van der Waals surface area contributed by atoms with E-state index in [1.807, 2.05) is 13.0 Å². The maximum Gasteiger partial charge on any atom is 0.243 e. The second kappa shape index (κ2) is 11.0. The molecule has 0 rings (SSSR count). The van der Waals surface area contributed by atoms with Gasteiger partial charge in [-0.25, -0.2) is 4.99 Å². The predicted molar refractivity (Wildman–Crippen MR) is 80.2 cm³/mol. The molecular formula is C12H24N4OS. The summed E-state index contributed by atoms with van der Waals surface area (Å²) in [6, 6.07) is 0. The number of rotatable bonds is 8. The number of likely N-dealkylation sites (N-methyl/N-ethyl adjacent to an activating group) is 1. The average molecular weight is 272 g/mol. The minimum absolute atomic E-state index is 0.00626. The summed E-state index contributed by atoms with van der Waals surface area (Å²) in [6.07, 6.45) is 1.89. The van der Waals surface area contributed by atoms with E-state index < -0.39 is 0 Å². The third-order valence-corrected chi connectivity index (χ3v) is 2.95. The Morgan fingerprint density at radius 1 is 1.44 bits per heavy atom. The first-order chi connectivity index (χ1) is 8.61. The van der Waals surface area contributed by atoms with E-state index in [-0.39, 0.29) is 12.5 Å². The highest BCUT2D eigenvalue weighted by atomic mass is 32.2. The van der Waals surface area contributed by atoms with E-state index in [9.17, 15) is 4.79 Å². The number of hydrogen-bond donors (Lipinski definition) is 2. The van der Waals surface area contributed by atoms with E-state index in [0.29, 0.717) is 5.96 Å². The molecule has 1 amide bonds. The number of aliphatic imine (C=N–C) groups is 1. The van der Waals surface area contributed by atoms with Gasteiger partial charge in [-0.3, -0.25) is 4.79 Å². The minimum atomic E-state index is -0.00626. The summed E-state index contributed by atoms with van der Waals surface area (Å²) in [7, 11) is 3.45. The van der Waals surface area contributed by atoms with Crippen molar-refractivity contribution in [3.63, 3.8) is 0 Å². The molecule has 0 bridgehead atoms. The van der Waals surface area contributed by atoms with Gasteiger partial charge in [-0.2, -0.15) is 11.8 Å². The van der Waals surface area contributed by atoms with Crippen LogP contribution in [-0.4, -0.2) is 62.0 Å². The Balaban J connectivity index is 4.00. The highest BCUT2D eigenvalue weighted by Crippen LogP contribution is 1.96. The molecule has 0 saturated heterocycles. The van der Waals surface area contributed by atoms with Gasteiger partial charge in [0.25, 0.3) is 0 Å². The second-order valence-corrected chi connectivity index (χ2v) is 4.92. The summed E-state index contributed by atoms with van der Waals surface area (Å²) >= 11 is 1.80. The Kier molecular flexibility index (Phi) is 10.2. The quantitative estimate of drug-likeness (QED) is 0.293. The van der Waals surface area contributed by atoms with Crippen molar-refractivity contribution in [1.82, 2.24) is 15.5 Å². The van der Waals surface area contributed by atoms with Gasteiger partial charge in [0.15, 0.2) is 5.96 Å². The second-order valence-electron chi connectivity index (χ2n) is 3.77. The lowest BCUT2D eigenvalue weighted by atomic mass is 10.5. The van der Waals surface area contributed by atoms with Crippen LogP contribution < -0.4 is 10.6 Å². The Bertz CT molecular complexity index is 279. The first-order valence-corrected chi connectivity index (χ1v) is 7.18. The third kappa shape index (κ3) is 8.92. The summed E-state index contributed by atoms with van der Waals surface area (Å²) < 4.78 is 0. The van der Waals surface area contributed by atoms with Crippen LogP contribution in [0, 0.1) is 0 Å². The molecule has 6 heteroatoms. The van der Waals surface area contributed by atoms with Crippen molar-refractivity contribution < 1.29 is 4.79 Å². The molecule has 18 heavy (non-hydrogen) atoms. The van der Waals surface area contributed by atoms with Crippen LogP contribution in [0.25, 0.3) is 0 Å². The van der Waals surface area contributed by atoms with Gasteiger partial charge in [-0.1, -0.05) is 6.08 Å². The maximum atomic E-state index is 11.4. The number of carbonyl (C=O) groups is 1. The summed E-state index contributed by atoms with van der Waals surface area (Å²) in [5.41, 5.74) is 0. The molecule has 0 radical (unpaired) electrons. The number of amides is 1. The topological polar surface area (TPSA) is 56.7 Å². The van der Waals surface area contributed by atoms with Crippen molar-refractivity contribution in [1.29, 1.82) is 0 Å². The molecule has 0 atom stereocenters. The number of guanidine groups is 1. The average Bonchev–Trinajstić information content (AvgIpc) is 2.34. The molecule has 0 aromatic heterocycles. The number of nitrogens with one attached hydrogen (secondary N) is 2. The van der Waals surface area contributed by atoms with Gasteiger partial charge >= 0.3 is 0 Å². The SMILES string of the molecule is C=CCSCCNC(=NCC(=O)N(C)C)NCC. The molecule has 104 valence electrons.